The van der Waals surface area contributed by atoms with Gasteiger partial charge in [0.2, 0.25) is 23.5 Å². The van der Waals surface area contributed by atoms with E-state index in [1.54, 1.807) is 51.1 Å². The van der Waals surface area contributed by atoms with Gasteiger partial charge in [0.15, 0.2) is 0 Å². The van der Waals surface area contributed by atoms with Crippen LogP contribution >= 0.6 is 0 Å². The second-order valence-corrected chi connectivity index (χ2v) is 11.5. The minimum Gasteiger partial charge on any atom is -0.480 e. The van der Waals surface area contributed by atoms with E-state index < -0.39 is 72.0 Å². The van der Waals surface area contributed by atoms with E-state index in [2.05, 4.69) is 31.2 Å². The lowest BCUT2D eigenvalue weighted by molar-refractivity contribution is -0.146. The monoisotopic (exact) mass is 651 g/mol. The molecule has 2 aromatic rings. The number of ketones is 1. The zero-order valence-electron chi connectivity index (χ0n) is 26.6. The van der Waals surface area contributed by atoms with E-state index in [0.29, 0.717) is 24.8 Å². The Balaban J connectivity index is 1.63. The topological polar surface area (TPSA) is 217 Å². The summed E-state index contributed by atoms with van der Waals surface area (Å²) in [4.78, 5) is 98.8. The van der Waals surface area contributed by atoms with Crippen molar-refractivity contribution in [3.63, 3.8) is 0 Å². The van der Waals surface area contributed by atoms with Gasteiger partial charge >= 0.3 is 5.97 Å². The van der Waals surface area contributed by atoms with Crippen LogP contribution in [-0.2, 0) is 35.2 Å². The van der Waals surface area contributed by atoms with Crippen molar-refractivity contribution in [1.82, 2.24) is 36.1 Å². The van der Waals surface area contributed by atoms with Gasteiger partial charge in [-0.05, 0) is 30.7 Å². The van der Waals surface area contributed by atoms with Gasteiger partial charge in [-0.25, -0.2) is 9.78 Å². The molecule has 1 saturated heterocycles. The summed E-state index contributed by atoms with van der Waals surface area (Å²) in [6, 6.07) is 4.05. The van der Waals surface area contributed by atoms with Crippen LogP contribution in [0.25, 0.3) is 0 Å². The van der Waals surface area contributed by atoms with Crippen LogP contribution in [0.4, 0.5) is 0 Å². The van der Waals surface area contributed by atoms with Crippen LogP contribution in [-0.4, -0.2) is 98.5 Å². The van der Waals surface area contributed by atoms with E-state index in [0.717, 1.165) is 0 Å². The number of carboxylic acids is 1. The maximum absolute atomic E-state index is 13.6. The first-order valence-corrected chi connectivity index (χ1v) is 15.5. The van der Waals surface area contributed by atoms with Crippen LogP contribution in [0.3, 0.4) is 0 Å². The molecule has 0 aliphatic carbocycles. The molecule has 0 bridgehead atoms. The fraction of sp³-hybridized carbons (Fsp3) is 0.469. The first kappa shape index (κ1) is 36.3. The lowest BCUT2D eigenvalue weighted by atomic mass is 10.0. The smallest absolute Gasteiger partial charge is 0.326 e. The quantitative estimate of drug-likeness (QED) is 0.153. The van der Waals surface area contributed by atoms with Crippen molar-refractivity contribution in [2.45, 2.75) is 77.0 Å². The normalized spacial score (nSPS) is 16.0. The number of carbonyl (C=O) groups is 7. The van der Waals surface area contributed by atoms with E-state index in [4.69, 9.17) is 0 Å². The first-order valence-electron chi connectivity index (χ1n) is 15.5. The molecule has 47 heavy (non-hydrogen) atoms. The second kappa shape index (κ2) is 17.5. The number of likely N-dealkylation sites (tertiary alicyclic amines) is 1. The van der Waals surface area contributed by atoms with Crippen molar-refractivity contribution in [1.29, 1.82) is 0 Å². The maximum Gasteiger partial charge on any atom is 0.326 e. The van der Waals surface area contributed by atoms with Crippen LogP contribution in [0.5, 0.6) is 0 Å². The molecule has 0 saturated carbocycles. The molecule has 2 heterocycles. The van der Waals surface area contributed by atoms with Crippen molar-refractivity contribution in [2.75, 3.05) is 13.1 Å². The highest BCUT2D eigenvalue weighted by Crippen LogP contribution is 2.21. The predicted molar refractivity (Wildman–Crippen MR) is 167 cm³/mol. The van der Waals surface area contributed by atoms with Crippen molar-refractivity contribution < 1.29 is 38.7 Å². The summed E-state index contributed by atoms with van der Waals surface area (Å²) in [5.74, 6) is -6.20. The number of amides is 5. The highest BCUT2D eigenvalue weighted by Gasteiger charge is 2.40. The fourth-order valence-electron chi connectivity index (χ4n) is 5.15. The van der Waals surface area contributed by atoms with Gasteiger partial charge in [0.25, 0.3) is 11.8 Å². The number of benzene rings is 1. The lowest BCUT2D eigenvalue weighted by Crippen LogP contribution is -2.58. The Bertz CT molecular complexity index is 1440. The summed E-state index contributed by atoms with van der Waals surface area (Å²) >= 11 is 0. The Morgan fingerprint density at radius 2 is 1.70 bits per heavy atom. The third-order valence-electron chi connectivity index (χ3n) is 7.61. The standard InChI is InChI=1S/C32H41N7O8/c1-4-9-21(27(41)30(44)37-22(32(46)47)16-20-10-6-5-7-11-20)36-29(43)24-12-8-15-39(24)31(45)26(19(2)3)38-25(40)18-35-28(42)23-17-33-13-14-34-23/h5-7,10-11,13-14,17,19,21-22,24,26H,4,8-9,12,15-16,18H2,1-3H3,(H,35,42)(H,36,43)(H,37,44)(H,38,40)(H,46,47)/t21?,22-,24-,26-/m0/s1. The molecule has 1 aliphatic rings. The number of rotatable bonds is 16. The minimum absolute atomic E-state index is 0.0222. The molecule has 252 valence electrons. The van der Waals surface area contributed by atoms with Gasteiger partial charge in [-0.2, -0.15) is 0 Å². The second-order valence-electron chi connectivity index (χ2n) is 11.5. The minimum atomic E-state index is -1.36. The Labute approximate surface area is 272 Å². The molecule has 5 amide bonds. The van der Waals surface area contributed by atoms with Crippen molar-refractivity contribution in [2.24, 2.45) is 5.92 Å². The number of carbonyl (C=O) groups excluding carboxylic acids is 6. The lowest BCUT2D eigenvalue weighted by Gasteiger charge is -2.31. The summed E-state index contributed by atoms with van der Waals surface area (Å²) in [6.45, 7) is 5.02. The number of aliphatic carboxylic acids is 1. The van der Waals surface area contributed by atoms with Crippen molar-refractivity contribution in [3.8, 4) is 0 Å². The van der Waals surface area contributed by atoms with Gasteiger partial charge in [0, 0.05) is 25.4 Å². The summed E-state index contributed by atoms with van der Waals surface area (Å²) < 4.78 is 0. The number of hydrogen-bond acceptors (Lipinski definition) is 9. The first-order chi connectivity index (χ1) is 22.4. The number of hydrogen-bond donors (Lipinski definition) is 5. The molecule has 0 spiro atoms. The zero-order chi connectivity index (χ0) is 34.5. The largest absolute Gasteiger partial charge is 0.480 e. The molecule has 1 aliphatic heterocycles. The molecule has 1 unspecified atom stereocenters. The molecule has 3 rings (SSSR count). The average Bonchev–Trinajstić information content (AvgIpc) is 3.56. The number of Topliss-reactive ketones (excluding diaryl/α,β-unsaturated/α-hetero) is 1. The van der Waals surface area contributed by atoms with Crippen LogP contribution in [0.1, 0.15) is 62.5 Å². The molecule has 0 radical (unpaired) electrons. The predicted octanol–water partition coefficient (Wildman–Crippen LogP) is 0.00430. The maximum atomic E-state index is 13.6. The summed E-state index contributed by atoms with van der Waals surface area (Å²) in [7, 11) is 0. The molecule has 1 aromatic heterocycles. The van der Waals surface area contributed by atoms with E-state index >= 15 is 0 Å². The SMILES string of the molecule is CCCC(NC(=O)[C@@H]1CCCN1C(=O)[C@@H](NC(=O)CNC(=O)c1cnccn1)C(C)C)C(=O)C(=O)N[C@@H](Cc1ccccc1)C(=O)O. The number of aromatic nitrogens is 2. The Morgan fingerprint density at radius 1 is 0.979 bits per heavy atom. The van der Waals surface area contributed by atoms with E-state index in [1.165, 1.54) is 23.5 Å². The van der Waals surface area contributed by atoms with Crippen LogP contribution in [0, 0.1) is 5.92 Å². The van der Waals surface area contributed by atoms with Gasteiger partial charge in [0.1, 0.15) is 23.8 Å². The molecule has 1 fully saturated rings. The van der Waals surface area contributed by atoms with Gasteiger partial charge in [-0.15, -0.1) is 0 Å². The fourth-order valence-corrected chi connectivity index (χ4v) is 5.15. The Morgan fingerprint density at radius 3 is 2.32 bits per heavy atom. The number of nitrogens with zero attached hydrogens (tertiary/aromatic N) is 3. The summed E-state index contributed by atoms with van der Waals surface area (Å²) in [5, 5.41) is 19.6. The molecule has 15 nitrogen and oxygen atoms in total. The van der Waals surface area contributed by atoms with Crippen LogP contribution in [0.2, 0.25) is 0 Å². The zero-order valence-corrected chi connectivity index (χ0v) is 26.6. The highest BCUT2D eigenvalue weighted by atomic mass is 16.4. The molecular weight excluding hydrogens is 610 g/mol. The highest BCUT2D eigenvalue weighted by molar-refractivity contribution is 6.38. The number of nitrogens with one attached hydrogen (secondary N) is 4. The Kier molecular flexibility index (Phi) is 13.5. The van der Waals surface area contributed by atoms with E-state index in [-0.39, 0.29) is 31.0 Å². The molecular formula is C32H41N7O8. The van der Waals surface area contributed by atoms with Gasteiger partial charge < -0.3 is 31.3 Å². The third kappa shape index (κ3) is 10.4. The third-order valence-corrected chi connectivity index (χ3v) is 7.61. The van der Waals surface area contributed by atoms with E-state index in [9.17, 15) is 38.7 Å². The summed E-state index contributed by atoms with van der Waals surface area (Å²) in [6.07, 6.45) is 5.26. The van der Waals surface area contributed by atoms with Gasteiger partial charge in [-0.1, -0.05) is 57.5 Å². The van der Waals surface area contributed by atoms with Crippen LogP contribution in [0.15, 0.2) is 48.9 Å². The van der Waals surface area contributed by atoms with E-state index in [1.807, 2.05) is 0 Å². The van der Waals surface area contributed by atoms with Gasteiger partial charge in [0.05, 0.1) is 18.8 Å². The summed E-state index contributed by atoms with van der Waals surface area (Å²) in [5.41, 5.74) is 0.675. The van der Waals surface area contributed by atoms with Crippen molar-refractivity contribution in [3.05, 3.63) is 60.2 Å². The van der Waals surface area contributed by atoms with Gasteiger partial charge in [-0.3, -0.25) is 33.8 Å². The average molecular weight is 652 g/mol. The van der Waals surface area contributed by atoms with Crippen LogP contribution < -0.4 is 21.3 Å². The molecule has 4 atom stereocenters. The van der Waals surface area contributed by atoms with Crippen molar-refractivity contribution >= 4 is 41.3 Å². The molecule has 1 aromatic carbocycles. The Hall–Kier alpha value is -5.21. The molecule has 15 heteroatoms. The number of carboxylic acid groups (broad SMARTS) is 1. The molecule has 5 N–H and O–H groups in total.